The molecule has 0 saturated heterocycles. The Hall–Kier alpha value is -3.46. The van der Waals surface area contributed by atoms with Crippen molar-refractivity contribution in [1.82, 2.24) is 10.1 Å². The topological polar surface area (TPSA) is 107 Å². The third-order valence-corrected chi connectivity index (χ3v) is 4.56. The number of hydrogen-bond acceptors (Lipinski definition) is 8. The van der Waals surface area contributed by atoms with Gasteiger partial charge in [-0.1, -0.05) is 16.5 Å². The van der Waals surface area contributed by atoms with Gasteiger partial charge < -0.3 is 13.7 Å². The fourth-order valence-electron chi connectivity index (χ4n) is 2.40. The number of carbonyl (C=O) groups is 2. The number of amides is 1. The number of ether oxygens (including phenoxy) is 1. The molecule has 1 amide bonds. The van der Waals surface area contributed by atoms with E-state index >= 15 is 0 Å². The first-order valence-electron chi connectivity index (χ1n) is 8.03. The number of esters is 1. The Labute approximate surface area is 156 Å². The van der Waals surface area contributed by atoms with Crippen LogP contribution in [0.3, 0.4) is 0 Å². The zero-order valence-corrected chi connectivity index (χ0v) is 14.9. The zero-order chi connectivity index (χ0) is 18.8. The first-order valence-corrected chi connectivity index (χ1v) is 8.85. The summed E-state index contributed by atoms with van der Waals surface area (Å²) in [6, 6.07) is 9.93. The van der Waals surface area contributed by atoms with Crippen molar-refractivity contribution in [3.8, 4) is 11.5 Å². The van der Waals surface area contributed by atoms with E-state index in [9.17, 15) is 9.59 Å². The maximum Gasteiger partial charge on any atom is 0.338 e. The smallest absolute Gasteiger partial charge is 0.338 e. The van der Waals surface area contributed by atoms with Crippen molar-refractivity contribution >= 4 is 38.6 Å². The number of furan rings is 1. The summed E-state index contributed by atoms with van der Waals surface area (Å²) in [5.41, 5.74) is 1.21. The normalized spacial score (nSPS) is 10.9. The van der Waals surface area contributed by atoms with Crippen molar-refractivity contribution in [2.75, 3.05) is 11.9 Å². The SMILES string of the molecule is CCOC(=O)c1ccc2nc(NC(=O)c3cc(-c4ccco4)on3)sc2c1. The Bertz CT molecular complexity index is 1110. The van der Waals surface area contributed by atoms with Crippen LogP contribution in [0.15, 0.2) is 51.6 Å². The number of nitrogens with zero attached hydrogens (tertiary/aromatic N) is 2. The lowest BCUT2D eigenvalue weighted by Gasteiger charge is -2.00. The molecule has 0 unspecified atom stereocenters. The van der Waals surface area contributed by atoms with E-state index in [0.717, 1.165) is 4.70 Å². The highest BCUT2D eigenvalue weighted by Crippen LogP contribution is 2.28. The Kier molecular flexibility index (Phi) is 4.43. The summed E-state index contributed by atoms with van der Waals surface area (Å²) in [5.74, 6) is -0.0192. The van der Waals surface area contributed by atoms with Crippen molar-refractivity contribution in [3.05, 3.63) is 53.9 Å². The van der Waals surface area contributed by atoms with Gasteiger partial charge in [-0.3, -0.25) is 10.1 Å². The Balaban J connectivity index is 1.53. The lowest BCUT2D eigenvalue weighted by atomic mass is 10.2. The largest absolute Gasteiger partial charge is 0.462 e. The summed E-state index contributed by atoms with van der Waals surface area (Å²) in [5, 5.41) is 6.82. The van der Waals surface area contributed by atoms with Crippen LogP contribution in [0.4, 0.5) is 5.13 Å². The molecule has 4 rings (SSSR count). The van der Waals surface area contributed by atoms with Crippen LogP contribution in [0.25, 0.3) is 21.7 Å². The van der Waals surface area contributed by atoms with Crippen LogP contribution in [0, 0.1) is 0 Å². The van der Waals surface area contributed by atoms with Crippen LogP contribution >= 0.6 is 11.3 Å². The number of anilines is 1. The van der Waals surface area contributed by atoms with Gasteiger partial charge in [0.1, 0.15) is 0 Å². The number of thiazole rings is 1. The van der Waals surface area contributed by atoms with Gasteiger partial charge in [0.15, 0.2) is 16.6 Å². The summed E-state index contributed by atoms with van der Waals surface area (Å²) in [7, 11) is 0. The number of nitrogens with one attached hydrogen (secondary N) is 1. The Morgan fingerprint density at radius 2 is 2.11 bits per heavy atom. The molecule has 0 aliphatic heterocycles. The Morgan fingerprint density at radius 1 is 1.22 bits per heavy atom. The van der Waals surface area contributed by atoms with E-state index in [1.165, 1.54) is 23.7 Å². The number of aromatic nitrogens is 2. The summed E-state index contributed by atoms with van der Waals surface area (Å²) in [6.45, 7) is 2.05. The molecule has 3 aromatic heterocycles. The van der Waals surface area contributed by atoms with E-state index in [-0.39, 0.29) is 5.69 Å². The second-order valence-electron chi connectivity index (χ2n) is 5.43. The summed E-state index contributed by atoms with van der Waals surface area (Å²) < 4.78 is 16.1. The van der Waals surface area contributed by atoms with Gasteiger partial charge in [0.2, 0.25) is 5.76 Å². The lowest BCUT2D eigenvalue weighted by Crippen LogP contribution is -2.11. The molecule has 0 atom stereocenters. The maximum absolute atomic E-state index is 12.4. The number of rotatable bonds is 5. The minimum absolute atomic E-state index is 0.105. The van der Waals surface area contributed by atoms with E-state index in [1.54, 1.807) is 37.3 Å². The molecule has 3 heterocycles. The molecule has 0 bridgehead atoms. The molecule has 0 aliphatic carbocycles. The van der Waals surface area contributed by atoms with Gasteiger partial charge >= 0.3 is 5.97 Å². The number of carbonyl (C=O) groups excluding carboxylic acids is 2. The van der Waals surface area contributed by atoms with Gasteiger partial charge in [-0.05, 0) is 37.3 Å². The number of benzene rings is 1. The average Bonchev–Trinajstić information content (AvgIpc) is 3.40. The monoisotopic (exact) mass is 383 g/mol. The first-order chi connectivity index (χ1) is 13.1. The molecule has 136 valence electrons. The van der Waals surface area contributed by atoms with Gasteiger partial charge in [0, 0.05) is 6.07 Å². The molecular weight excluding hydrogens is 370 g/mol. The van der Waals surface area contributed by atoms with E-state index < -0.39 is 11.9 Å². The summed E-state index contributed by atoms with van der Waals surface area (Å²) >= 11 is 1.25. The molecule has 0 radical (unpaired) electrons. The van der Waals surface area contributed by atoms with Gasteiger partial charge in [-0.15, -0.1) is 0 Å². The van der Waals surface area contributed by atoms with Gasteiger partial charge in [0.05, 0.1) is 28.7 Å². The summed E-state index contributed by atoms with van der Waals surface area (Å²) in [6.07, 6.45) is 1.50. The van der Waals surface area contributed by atoms with Crippen molar-refractivity contribution in [3.63, 3.8) is 0 Å². The quantitative estimate of drug-likeness (QED) is 0.519. The lowest BCUT2D eigenvalue weighted by molar-refractivity contribution is 0.0526. The first kappa shape index (κ1) is 17.0. The van der Waals surface area contributed by atoms with E-state index in [2.05, 4.69) is 15.5 Å². The minimum Gasteiger partial charge on any atom is -0.462 e. The molecule has 1 aromatic carbocycles. The highest BCUT2D eigenvalue weighted by atomic mass is 32.1. The standard InChI is InChI=1S/C18H13N3O5S/c1-2-24-17(23)10-5-6-11-15(8-10)27-18(19-11)20-16(22)12-9-14(26-21-12)13-4-3-7-25-13/h3-9H,2H2,1H3,(H,19,20,22). The number of hydrogen-bond donors (Lipinski definition) is 1. The minimum atomic E-state index is -0.457. The van der Waals surface area contributed by atoms with E-state index in [0.29, 0.717) is 34.3 Å². The van der Waals surface area contributed by atoms with Crippen LogP contribution in [-0.4, -0.2) is 28.6 Å². The molecule has 0 spiro atoms. The number of fused-ring (bicyclic) bond motifs is 1. The predicted octanol–water partition coefficient (Wildman–Crippen LogP) is 3.97. The third kappa shape index (κ3) is 3.44. The maximum atomic E-state index is 12.4. The molecule has 0 saturated carbocycles. The van der Waals surface area contributed by atoms with Crippen LogP contribution in [0.2, 0.25) is 0 Å². The Morgan fingerprint density at radius 3 is 2.89 bits per heavy atom. The summed E-state index contributed by atoms with van der Waals surface area (Å²) in [4.78, 5) is 28.5. The molecule has 4 aromatic rings. The van der Waals surface area contributed by atoms with Crippen LogP contribution in [0.1, 0.15) is 27.8 Å². The molecule has 9 heteroatoms. The van der Waals surface area contributed by atoms with Crippen molar-refractivity contribution in [2.45, 2.75) is 6.92 Å². The van der Waals surface area contributed by atoms with E-state index in [1.807, 2.05) is 0 Å². The molecule has 0 aliphatic rings. The van der Waals surface area contributed by atoms with Crippen molar-refractivity contribution in [1.29, 1.82) is 0 Å². The van der Waals surface area contributed by atoms with Crippen molar-refractivity contribution < 1.29 is 23.3 Å². The van der Waals surface area contributed by atoms with Gasteiger partial charge in [-0.25, -0.2) is 9.78 Å². The molecule has 8 nitrogen and oxygen atoms in total. The fourth-order valence-corrected chi connectivity index (χ4v) is 3.30. The van der Waals surface area contributed by atoms with Crippen LogP contribution < -0.4 is 5.32 Å². The highest BCUT2D eigenvalue weighted by Gasteiger charge is 2.17. The molecule has 0 fully saturated rings. The zero-order valence-electron chi connectivity index (χ0n) is 14.1. The van der Waals surface area contributed by atoms with E-state index in [4.69, 9.17) is 13.7 Å². The second kappa shape index (κ2) is 7.04. The average molecular weight is 383 g/mol. The van der Waals surface area contributed by atoms with Gasteiger partial charge in [0.25, 0.3) is 5.91 Å². The molecule has 1 N–H and O–H groups in total. The molecule has 27 heavy (non-hydrogen) atoms. The van der Waals surface area contributed by atoms with Crippen LogP contribution in [-0.2, 0) is 4.74 Å². The predicted molar refractivity (Wildman–Crippen MR) is 97.7 cm³/mol. The van der Waals surface area contributed by atoms with Crippen LogP contribution in [0.5, 0.6) is 0 Å². The second-order valence-corrected chi connectivity index (χ2v) is 6.46. The fraction of sp³-hybridized carbons (Fsp3) is 0.111. The van der Waals surface area contributed by atoms with Gasteiger partial charge in [-0.2, -0.15) is 0 Å². The molecular formula is C18H13N3O5S. The third-order valence-electron chi connectivity index (χ3n) is 3.63. The van der Waals surface area contributed by atoms with Crippen molar-refractivity contribution in [2.24, 2.45) is 0 Å². The highest BCUT2D eigenvalue weighted by molar-refractivity contribution is 7.22.